The van der Waals surface area contributed by atoms with Crippen LogP contribution in [0.25, 0.3) is 0 Å². The second kappa shape index (κ2) is 3.48. The number of carbonyl (C=O) groups is 1. The molecule has 0 unspecified atom stereocenters. The van der Waals surface area contributed by atoms with Crippen molar-refractivity contribution in [1.29, 1.82) is 0 Å². The van der Waals surface area contributed by atoms with Crippen LogP contribution in [0.3, 0.4) is 0 Å². The number of rotatable bonds is 1. The molecule has 3 nitrogen and oxygen atoms in total. The normalized spacial score (nSPS) is 15.8. The monoisotopic (exact) mass is 190 g/mol. The summed E-state index contributed by atoms with van der Waals surface area (Å²) in [5, 5.41) is 0. The molecule has 0 aliphatic heterocycles. The van der Waals surface area contributed by atoms with Crippen molar-refractivity contribution in [3.8, 4) is 0 Å². The summed E-state index contributed by atoms with van der Waals surface area (Å²) in [7, 11) is 0. The van der Waals surface area contributed by atoms with Gasteiger partial charge >= 0.3 is 0 Å². The molecule has 0 N–H and O–H groups in total. The molecular formula is C11H14N2O. The Bertz CT molecular complexity index is 372. The van der Waals surface area contributed by atoms with Crippen molar-refractivity contribution in [2.24, 2.45) is 0 Å². The molecule has 1 aliphatic carbocycles. The van der Waals surface area contributed by atoms with E-state index in [9.17, 15) is 4.79 Å². The van der Waals surface area contributed by atoms with Gasteiger partial charge in [0, 0.05) is 18.5 Å². The lowest BCUT2D eigenvalue weighted by Gasteiger charge is -2.18. The van der Waals surface area contributed by atoms with Crippen LogP contribution in [0.4, 0.5) is 0 Å². The van der Waals surface area contributed by atoms with Crippen molar-refractivity contribution in [3.63, 3.8) is 0 Å². The van der Waals surface area contributed by atoms with Gasteiger partial charge in [0.1, 0.15) is 12.1 Å². The maximum atomic E-state index is 11.2. The highest BCUT2D eigenvalue weighted by molar-refractivity contribution is 5.82. The van der Waals surface area contributed by atoms with E-state index in [0.29, 0.717) is 24.5 Å². The van der Waals surface area contributed by atoms with Gasteiger partial charge in [0.15, 0.2) is 0 Å². The molecule has 0 amide bonds. The quantitative estimate of drug-likeness (QED) is 0.676. The van der Waals surface area contributed by atoms with Gasteiger partial charge in [-0.2, -0.15) is 0 Å². The van der Waals surface area contributed by atoms with Gasteiger partial charge in [-0.05, 0) is 17.9 Å². The Hall–Kier alpha value is -1.25. The van der Waals surface area contributed by atoms with Gasteiger partial charge < -0.3 is 0 Å². The first-order chi connectivity index (χ1) is 6.68. The summed E-state index contributed by atoms with van der Waals surface area (Å²) >= 11 is 0. The number of aromatic nitrogens is 2. The molecule has 0 saturated carbocycles. The topological polar surface area (TPSA) is 42.9 Å². The average Bonchev–Trinajstić information content (AvgIpc) is 2.16. The molecule has 1 heterocycles. The van der Waals surface area contributed by atoms with Crippen LogP contribution in [0.1, 0.15) is 43.1 Å². The van der Waals surface area contributed by atoms with Gasteiger partial charge in [-0.15, -0.1) is 0 Å². The first kappa shape index (κ1) is 9.31. The van der Waals surface area contributed by atoms with Gasteiger partial charge in [0.25, 0.3) is 0 Å². The molecule has 1 aromatic heterocycles. The lowest BCUT2D eigenvalue weighted by Crippen LogP contribution is -2.18. The standard InChI is InChI=1S/C11H14N2O/c1-7(2)11-9-4-3-8(14)5-10(9)12-6-13-11/h6-7H,3-5H2,1-2H3. The summed E-state index contributed by atoms with van der Waals surface area (Å²) in [6.45, 7) is 4.25. The van der Waals surface area contributed by atoms with Crippen molar-refractivity contribution < 1.29 is 4.79 Å². The number of hydrogen-bond donors (Lipinski definition) is 0. The molecular weight excluding hydrogens is 176 g/mol. The van der Waals surface area contributed by atoms with Crippen LogP contribution in [0.2, 0.25) is 0 Å². The van der Waals surface area contributed by atoms with Gasteiger partial charge in [0.2, 0.25) is 0 Å². The molecule has 0 saturated heterocycles. The molecule has 0 spiro atoms. The summed E-state index contributed by atoms with van der Waals surface area (Å²) in [5.74, 6) is 0.714. The lowest BCUT2D eigenvalue weighted by molar-refractivity contribution is -0.118. The van der Waals surface area contributed by atoms with Crippen LogP contribution in [-0.2, 0) is 17.6 Å². The van der Waals surface area contributed by atoms with E-state index in [1.165, 1.54) is 5.56 Å². The predicted molar refractivity (Wildman–Crippen MR) is 53.2 cm³/mol. The van der Waals surface area contributed by atoms with E-state index < -0.39 is 0 Å². The lowest BCUT2D eigenvalue weighted by atomic mass is 9.90. The highest BCUT2D eigenvalue weighted by atomic mass is 16.1. The number of nitrogens with zero attached hydrogens (tertiary/aromatic N) is 2. The SMILES string of the molecule is CC(C)c1ncnc2c1CCC(=O)C2. The summed E-state index contributed by atoms with van der Waals surface area (Å²) < 4.78 is 0. The second-order valence-electron chi connectivity index (χ2n) is 4.05. The second-order valence-corrected chi connectivity index (χ2v) is 4.05. The first-order valence-corrected chi connectivity index (χ1v) is 5.03. The van der Waals surface area contributed by atoms with Crippen LogP contribution in [0, 0.1) is 0 Å². The van der Waals surface area contributed by atoms with E-state index >= 15 is 0 Å². The van der Waals surface area contributed by atoms with Gasteiger partial charge in [-0.1, -0.05) is 13.8 Å². The molecule has 0 atom stereocenters. The minimum Gasteiger partial charge on any atom is -0.299 e. The van der Waals surface area contributed by atoms with Crippen molar-refractivity contribution >= 4 is 5.78 Å². The van der Waals surface area contributed by atoms with Crippen LogP contribution in [-0.4, -0.2) is 15.8 Å². The molecule has 1 aromatic rings. The summed E-state index contributed by atoms with van der Waals surface area (Å²) in [4.78, 5) is 19.7. The van der Waals surface area contributed by atoms with E-state index in [1.807, 2.05) is 0 Å². The molecule has 1 aliphatic rings. The van der Waals surface area contributed by atoms with Crippen LogP contribution in [0.15, 0.2) is 6.33 Å². The first-order valence-electron chi connectivity index (χ1n) is 5.03. The Morgan fingerprint density at radius 1 is 1.29 bits per heavy atom. The van der Waals surface area contributed by atoms with Gasteiger partial charge in [-0.3, -0.25) is 4.79 Å². The van der Waals surface area contributed by atoms with Crippen LogP contribution in [0.5, 0.6) is 0 Å². The highest BCUT2D eigenvalue weighted by Crippen LogP contribution is 2.24. The minimum absolute atomic E-state index is 0.297. The molecule has 0 bridgehead atoms. The van der Waals surface area contributed by atoms with Crippen molar-refractivity contribution in [2.75, 3.05) is 0 Å². The van der Waals surface area contributed by atoms with E-state index in [4.69, 9.17) is 0 Å². The molecule has 74 valence electrons. The Morgan fingerprint density at radius 2 is 2.07 bits per heavy atom. The summed E-state index contributed by atoms with van der Waals surface area (Å²) in [6.07, 6.45) is 3.55. The largest absolute Gasteiger partial charge is 0.299 e. The zero-order valence-corrected chi connectivity index (χ0v) is 8.58. The predicted octanol–water partition coefficient (Wildman–Crippen LogP) is 1.66. The van der Waals surface area contributed by atoms with E-state index in [-0.39, 0.29) is 0 Å². The Balaban J connectivity index is 2.46. The van der Waals surface area contributed by atoms with Crippen LogP contribution < -0.4 is 0 Å². The van der Waals surface area contributed by atoms with Crippen molar-refractivity contribution in [3.05, 3.63) is 23.3 Å². The average molecular weight is 190 g/mol. The number of fused-ring (bicyclic) bond motifs is 1. The third kappa shape index (κ3) is 1.54. The molecule has 0 radical (unpaired) electrons. The summed E-state index contributed by atoms with van der Waals surface area (Å²) in [6, 6.07) is 0. The Morgan fingerprint density at radius 3 is 2.79 bits per heavy atom. The zero-order chi connectivity index (χ0) is 10.1. The van der Waals surface area contributed by atoms with E-state index in [1.54, 1.807) is 6.33 Å². The fourth-order valence-corrected chi connectivity index (χ4v) is 1.93. The smallest absolute Gasteiger partial charge is 0.139 e. The molecule has 0 aromatic carbocycles. The third-order valence-electron chi connectivity index (χ3n) is 2.63. The zero-order valence-electron chi connectivity index (χ0n) is 8.58. The van der Waals surface area contributed by atoms with Crippen molar-refractivity contribution in [2.45, 2.75) is 39.0 Å². The number of hydrogen-bond acceptors (Lipinski definition) is 3. The maximum absolute atomic E-state index is 11.2. The molecule has 2 rings (SSSR count). The third-order valence-corrected chi connectivity index (χ3v) is 2.63. The van der Waals surface area contributed by atoms with E-state index in [2.05, 4.69) is 23.8 Å². The van der Waals surface area contributed by atoms with Crippen LogP contribution >= 0.6 is 0 Å². The molecule has 0 fully saturated rings. The minimum atomic E-state index is 0.297. The van der Waals surface area contributed by atoms with Crippen molar-refractivity contribution in [1.82, 2.24) is 9.97 Å². The van der Waals surface area contributed by atoms with E-state index in [0.717, 1.165) is 17.8 Å². The molecule has 14 heavy (non-hydrogen) atoms. The fourth-order valence-electron chi connectivity index (χ4n) is 1.93. The highest BCUT2D eigenvalue weighted by Gasteiger charge is 2.21. The van der Waals surface area contributed by atoms with Gasteiger partial charge in [-0.25, -0.2) is 9.97 Å². The number of ketones is 1. The summed E-state index contributed by atoms with van der Waals surface area (Å²) in [5.41, 5.74) is 3.27. The fraction of sp³-hybridized carbons (Fsp3) is 0.545. The maximum Gasteiger partial charge on any atom is 0.139 e. The Labute approximate surface area is 83.6 Å². The molecule has 3 heteroatoms. The Kier molecular flexibility index (Phi) is 2.32. The van der Waals surface area contributed by atoms with Gasteiger partial charge in [0.05, 0.1) is 5.69 Å². The number of carbonyl (C=O) groups excluding carboxylic acids is 1. The number of Topliss-reactive ketones (excluding diaryl/α,β-unsaturated/α-hetero) is 1.